The molecule has 0 radical (unpaired) electrons. The Kier molecular flexibility index (Phi) is 3.95. The van der Waals surface area contributed by atoms with Crippen LogP contribution in [0, 0.1) is 5.92 Å². The summed E-state index contributed by atoms with van der Waals surface area (Å²) < 4.78 is 0. The van der Waals surface area contributed by atoms with Gasteiger partial charge in [0.05, 0.1) is 6.04 Å². The maximum Gasteiger partial charge on any atom is 0.245 e. The molecular weight excluding hydrogens is 266 g/mol. The molecule has 2 saturated heterocycles. The van der Waals surface area contributed by atoms with Crippen LogP contribution in [0.4, 0.5) is 0 Å². The number of hydrogen-bond donors (Lipinski definition) is 2. The van der Waals surface area contributed by atoms with E-state index in [9.17, 15) is 9.59 Å². The SMILES string of the molecule is CC1(C)C(=O)NCCN1C(=O)C1CCC2CCCCC2N1. The number of nitrogens with one attached hydrogen (secondary N) is 2. The summed E-state index contributed by atoms with van der Waals surface area (Å²) in [7, 11) is 0. The molecule has 5 heteroatoms. The Hall–Kier alpha value is -1.10. The molecule has 2 heterocycles. The standard InChI is InChI=1S/C16H27N3O2/c1-16(2)15(21)17-9-10-19(16)14(20)13-8-7-11-5-3-4-6-12(11)18-13/h11-13,18H,3-10H2,1-2H3,(H,17,21). The van der Waals surface area contributed by atoms with E-state index < -0.39 is 5.54 Å². The first-order chi connectivity index (χ1) is 10.00. The lowest BCUT2D eigenvalue weighted by Crippen LogP contribution is -2.67. The van der Waals surface area contributed by atoms with Crippen molar-refractivity contribution >= 4 is 11.8 Å². The van der Waals surface area contributed by atoms with Gasteiger partial charge in [-0.15, -0.1) is 0 Å². The zero-order chi connectivity index (χ0) is 15.0. The Labute approximate surface area is 126 Å². The highest BCUT2D eigenvalue weighted by Crippen LogP contribution is 2.33. The highest BCUT2D eigenvalue weighted by Gasteiger charge is 2.44. The van der Waals surface area contributed by atoms with Crippen LogP contribution in [0.5, 0.6) is 0 Å². The van der Waals surface area contributed by atoms with E-state index in [-0.39, 0.29) is 17.9 Å². The molecule has 0 bridgehead atoms. The molecule has 0 aromatic carbocycles. The zero-order valence-electron chi connectivity index (χ0n) is 13.2. The molecule has 2 N–H and O–H groups in total. The fraction of sp³-hybridized carbons (Fsp3) is 0.875. The van der Waals surface area contributed by atoms with Gasteiger partial charge in [-0.05, 0) is 45.4 Å². The van der Waals surface area contributed by atoms with E-state index in [0.717, 1.165) is 18.8 Å². The Balaban J connectivity index is 1.69. The molecule has 0 aromatic heterocycles. The lowest BCUT2D eigenvalue weighted by molar-refractivity contribution is -0.151. The Morgan fingerprint density at radius 1 is 1.19 bits per heavy atom. The molecule has 21 heavy (non-hydrogen) atoms. The van der Waals surface area contributed by atoms with Crippen molar-refractivity contribution in [3.8, 4) is 0 Å². The van der Waals surface area contributed by atoms with Crippen LogP contribution in [0.15, 0.2) is 0 Å². The number of carbonyl (C=O) groups excluding carboxylic acids is 2. The Bertz CT molecular complexity index is 435. The highest BCUT2D eigenvalue weighted by molar-refractivity contribution is 5.93. The molecule has 2 amide bonds. The molecule has 0 aromatic rings. The van der Waals surface area contributed by atoms with Crippen molar-refractivity contribution in [1.29, 1.82) is 0 Å². The molecule has 0 spiro atoms. The third-order valence-corrected chi connectivity index (χ3v) is 5.57. The lowest BCUT2D eigenvalue weighted by atomic mass is 9.77. The minimum atomic E-state index is -0.736. The number of piperazine rings is 1. The second-order valence-corrected chi connectivity index (χ2v) is 7.25. The van der Waals surface area contributed by atoms with Gasteiger partial charge in [0, 0.05) is 19.1 Å². The summed E-state index contributed by atoms with van der Waals surface area (Å²) in [6.07, 6.45) is 7.16. The first-order valence-electron chi connectivity index (χ1n) is 8.36. The van der Waals surface area contributed by atoms with E-state index in [1.54, 1.807) is 4.90 Å². The number of piperidine rings is 1. The lowest BCUT2D eigenvalue weighted by Gasteiger charge is -2.46. The molecular formula is C16H27N3O2. The molecule has 3 fully saturated rings. The average Bonchev–Trinajstić information content (AvgIpc) is 2.49. The van der Waals surface area contributed by atoms with E-state index in [0.29, 0.717) is 19.1 Å². The van der Waals surface area contributed by atoms with Crippen molar-refractivity contribution in [2.24, 2.45) is 5.92 Å². The summed E-state index contributed by atoms with van der Waals surface area (Å²) in [6.45, 7) is 4.86. The van der Waals surface area contributed by atoms with Crippen LogP contribution >= 0.6 is 0 Å². The van der Waals surface area contributed by atoms with Crippen LogP contribution in [0.2, 0.25) is 0 Å². The third-order valence-electron chi connectivity index (χ3n) is 5.57. The Morgan fingerprint density at radius 2 is 1.95 bits per heavy atom. The number of carbonyl (C=O) groups is 2. The van der Waals surface area contributed by atoms with Gasteiger partial charge in [-0.2, -0.15) is 0 Å². The van der Waals surface area contributed by atoms with Crippen molar-refractivity contribution in [2.75, 3.05) is 13.1 Å². The number of amides is 2. The van der Waals surface area contributed by atoms with Crippen LogP contribution in [-0.2, 0) is 9.59 Å². The molecule has 3 atom stereocenters. The van der Waals surface area contributed by atoms with Gasteiger partial charge >= 0.3 is 0 Å². The second kappa shape index (κ2) is 5.59. The summed E-state index contributed by atoms with van der Waals surface area (Å²) in [5.41, 5.74) is -0.736. The van der Waals surface area contributed by atoms with Crippen LogP contribution in [-0.4, -0.2) is 47.4 Å². The van der Waals surface area contributed by atoms with Gasteiger partial charge in [0.2, 0.25) is 11.8 Å². The zero-order valence-corrected chi connectivity index (χ0v) is 13.2. The van der Waals surface area contributed by atoms with Gasteiger partial charge in [0.25, 0.3) is 0 Å². The smallest absolute Gasteiger partial charge is 0.245 e. The summed E-state index contributed by atoms with van der Waals surface area (Å²) in [6, 6.07) is 0.401. The summed E-state index contributed by atoms with van der Waals surface area (Å²) in [4.78, 5) is 26.7. The van der Waals surface area contributed by atoms with E-state index in [1.807, 2.05) is 13.8 Å². The fourth-order valence-corrected chi connectivity index (χ4v) is 4.16. The van der Waals surface area contributed by atoms with Gasteiger partial charge in [-0.3, -0.25) is 9.59 Å². The van der Waals surface area contributed by atoms with Crippen molar-refractivity contribution in [1.82, 2.24) is 15.5 Å². The second-order valence-electron chi connectivity index (χ2n) is 7.25. The molecule has 3 rings (SSSR count). The highest BCUT2D eigenvalue weighted by atomic mass is 16.2. The van der Waals surface area contributed by atoms with Crippen LogP contribution in [0.25, 0.3) is 0 Å². The minimum Gasteiger partial charge on any atom is -0.352 e. The van der Waals surface area contributed by atoms with Gasteiger partial charge in [0.15, 0.2) is 0 Å². The Morgan fingerprint density at radius 3 is 2.76 bits per heavy atom. The van der Waals surface area contributed by atoms with Gasteiger partial charge < -0.3 is 15.5 Å². The maximum atomic E-state index is 12.9. The molecule has 3 unspecified atom stereocenters. The van der Waals surface area contributed by atoms with E-state index >= 15 is 0 Å². The van der Waals surface area contributed by atoms with E-state index in [2.05, 4.69) is 10.6 Å². The largest absolute Gasteiger partial charge is 0.352 e. The fourth-order valence-electron chi connectivity index (χ4n) is 4.16. The van der Waals surface area contributed by atoms with E-state index in [1.165, 1.54) is 25.7 Å². The van der Waals surface area contributed by atoms with Crippen LogP contribution in [0.1, 0.15) is 52.4 Å². The van der Waals surface area contributed by atoms with Gasteiger partial charge in [0.1, 0.15) is 5.54 Å². The minimum absolute atomic E-state index is 0.0477. The molecule has 118 valence electrons. The predicted octanol–water partition coefficient (Wildman–Crippen LogP) is 1.03. The van der Waals surface area contributed by atoms with Gasteiger partial charge in [-0.25, -0.2) is 0 Å². The van der Waals surface area contributed by atoms with Crippen molar-refractivity contribution in [2.45, 2.75) is 70.0 Å². The quantitative estimate of drug-likeness (QED) is 0.759. The average molecular weight is 293 g/mol. The number of hydrogen-bond acceptors (Lipinski definition) is 3. The number of nitrogens with zero attached hydrogens (tertiary/aromatic N) is 1. The number of rotatable bonds is 1. The van der Waals surface area contributed by atoms with Crippen molar-refractivity contribution < 1.29 is 9.59 Å². The van der Waals surface area contributed by atoms with Crippen molar-refractivity contribution in [3.05, 3.63) is 0 Å². The summed E-state index contributed by atoms with van der Waals surface area (Å²) in [5.74, 6) is 0.813. The van der Waals surface area contributed by atoms with Crippen LogP contribution < -0.4 is 10.6 Å². The maximum absolute atomic E-state index is 12.9. The first-order valence-corrected chi connectivity index (χ1v) is 8.36. The first kappa shape index (κ1) is 14.8. The topological polar surface area (TPSA) is 61.4 Å². The van der Waals surface area contributed by atoms with Crippen molar-refractivity contribution in [3.63, 3.8) is 0 Å². The molecule has 1 saturated carbocycles. The molecule has 2 aliphatic heterocycles. The molecule has 3 aliphatic rings. The third kappa shape index (κ3) is 2.68. The summed E-state index contributed by atoms with van der Waals surface area (Å²) >= 11 is 0. The van der Waals surface area contributed by atoms with Gasteiger partial charge in [-0.1, -0.05) is 12.8 Å². The normalized spacial score (nSPS) is 35.8. The molecule has 5 nitrogen and oxygen atoms in total. The van der Waals surface area contributed by atoms with E-state index in [4.69, 9.17) is 0 Å². The van der Waals surface area contributed by atoms with Crippen LogP contribution in [0.3, 0.4) is 0 Å². The monoisotopic (exact) mass is 293 g/mol. The molecule has 1 aliphatic carbocycles. The number of fused-ring (bicyclic) bond motifs is 1. The summed E-state index contributed by atoms with van der Waals surface area (Å²) in [5, 5.41) is 6.43. The predicted molar refractivity (Wildman–Crippen MR) is 80.7 cm³/mol.